The molecule has 1 unspecified atom stereocenters. The molecule has 0 aliphatic carbocycles. The summed E-state index contributed by atoms with van der Waals surface area (Å²) in [7, 11) is 1.61. The number of likely N-dealkylation sites (tertiary alicyclic amines) is 1. The van der Waals surface area contributed by atoms with Crippen molar-refractivity contribution >= 4 is 47.0 Å². The highest BCUT2D eigenvalue weighted by atomic mass is 35.5. The smallest absolute Gasteiger partial charge is 0.309 e. The Hall–Kier alpha value is -4.41. The standard InChI is InChI=1S/C38H39Cl2N5O4/c1-49-35-15-25(33(39)14-26(35)20-45-21-27(22-45)38(47)48)18-43-34-7-3-5-30(32(34)16-41)31-6-2-4-29(37(31)40)24-10-8-23(9-11-24)17-42-19-28-12-13-36(46)44-28/h2-11,14-16,27-28,41-43H,12-13,17-22H2,1H3,(H,44,46)(H,47,48). The molecule has 4 aromatic rings. The van der Waals surface area contributed by atoms with E-state index < -0.39 is 5.97 Å². The topological polar surface area (TPSA) is 127 Å². The predicted molar refractivity (Wildman–Crippen MR) is 195 cm³/mol. The zero-order valence-electron chi connectivity index (χ0n) is 27.2. The van der Waals surface area contributed by atoms with Crippen LogP contribution in [0.15, 0.2) is 72.8 Å². The van der Waals surface area contributed by atoms with Crippen molar-refractivity contribution in [2.24, 2.45) is 5.92 Å². The lowest BCUT2D eigenvalue weighted by Gasteiger charge is -2.36. The first-order chi connectivity index (χ1) is 23.7. The Bertz CT molecular complexity index is 1860. The fourth-order valence-corrected chi connectivity index (χ4v) is 7.06. The maximum Gasteiger partial charge on any atom is 0.309 e. The summed E-state index contributed by atoms with van der Waals surface area (Å²) in [5.74, 6) is -0.291. The Morgan fingerprint density at radius 3 is 2.45 bits per heavy atom. The van der Waals surface area contributed by atoms with Gasteiger partial charge in [0.05, 0.1) is 18.1 Å². The number of methoxy groups -OCH3 is 1. The zero-order valence-corrected chi connectivity index (χ0v) is 28.7. The number of carboxylic acid groups (broad SMARTS) is 1. The van der Waals surface area contributed by atoms with Crippen LogP contribution in [0.4, 0.5) is 5.69 Å². The zero-order chi connectivity index (χ0) is 34.5. The molecule has 4 aromatic carbocycles. The highest BCUT2D eigenvalue weighted by molar-refractivity contribution is 6.36. The van der Waals surface area contributed by atoms with Gasteiger partial charge in [0, 0.05) is 90.9 Å². The average molecular weight is 701 g/mol. The molecule has 6 rings (SSSR count). The first-order valence-corrected chi connectivity index (χ1v) is 17.1. The van der Waals surface area contributed by atoms with Crippen molar-refractivity contribution in [2.45, 2.75) is 38.5 Å². The number of halogens is 2. The first-order valence-electron chi connectivity index (χ1n) is 16.3. The highest BCUT2D eigenvalue weighted by Crippen LogP contribution is 2.39. The molecule has 0 radical (unpaired) electrons. The van der Waals surface area contributed by atoms with Crippen molar-refractivity contribution in [1.29, 1.82) is 5.41 Å². The van der Waals surface area contributed by atoms with E-state index in [-0.39, 0.29) is 17.9 Å². The van der Waals surface area contributed by atoms with Gasteiger partial charge in [0.2, 0.25) is 5.91 Å². The van der Waals surface area contributed by atoms with E-state index in [9.17, 15) is 14.7 Å². The van der Waals surface area contributed by atoms with Gasteiger partial charge in [-0.15, -0.1) is 0 Å². The lowest BCUT2D eigenvalue weighted by Crippen LogP contribution is -2.49. The Morgan fingerprint density at radius 1 is 1.02 bits per heavy atom. The summed E-state index contributed by atoms with van der Waals surface area (Å²) in [6.07, 6.45) is 2.80. The molecule has 2 aliphatic rings. The van der Waals surface area contributed by atoms with Crippen LogP contribution in [0.25, 0.3) is 22.3 Å². The average Bonchev–Trinajstić information content (AvgIpc) is 3.50. The second-order valence-electron chi connectivity index (χ2n) is 12.5. The van der Waals surface area contributed by atoms with E-state index in [0.29, 0.717) is 60.5 Å². The molecule has 0 bridgehead atoms. The molecule has 2 aliphatic heterocycles. The van der Waals surface area contributed by atoms with Gasteiger partial charge in [-0.1, -0.05) is 77.8 Å². The van der Waals surface area contributed by atoms with Crippen molar-refractivity contribution in [3.63, 3.8) is 0 Å². The van der Waals surface area contributed by atoms with Crippen molar-refractivity contribution in [1.82, 2.24) is 15.5 Å². The number of benzene rings is 4. The second-order valence-corrected chi connectivity index (χ2v) is 13.3. The van der Waals surface area contributed by atoms with Crippen LogP contribution in [0.2, 0.25) is 10.0 Å². The number of nitrogens with zero attached hydrogens (tertiary/aromatic N) is 1. The molecular weight excluding hydrogens is 661 g/mol. The van der Waals surface area contributed by atoms with Crippen LogP contribution in [0, 0.1) is 11.3 Å². The van der Waals surface area contributed by atoms with Crippen molar-refractivity contribution in [3.05, 3.63) is 105 Å². The van der Waals surface area contributed by atoms with Crippen LogP contribution in [-0.2, 0) is 29.2 Å². The number of aliphatic carboxylic acids is 1. The van der Waals surface area contributed by atoms with Gasteiger partial charge in [-0.2, -0.15) is 0 Å². The summed E-state index contributed by atoms with van der Waals surface area (Å²) < 4.78 is 5.67. The molecule has 5 N–H and O–H groups in total. The number of hydrogen-bond donors (Lipinski definition) is 5. The van der Waals surface area contributed by atoms with E-state index in [1.807, 2.05) is 48.5 Å². The first kappa shape index (κ1) is 34.5. The van der Waals surface area contributed by atoms with Crippen molar-refractivity contribution < 1.29 is 19.4 Å². The second kappa shape index (κ2) is 15.4. The molecule has 1 atom stereocenters. The van der Waals surface area contributed by atoms with Crippen LogP contribution in [0.5, 0.6) is 5.75 Å². The molecule has 254 valence electrons. The number of ether oxygens (including phenoxy) is 1. The molecule has 2 fully saturated rings. The maximum atomic E-state index is 11.4. The summed E-state index contributed by atoms with van der Waals surface area (Å²) in [4.78, 5) is 24.7. The van der Waals surface area contributed by atoms with Crippen LogP contribution >= 0.6 is 23.2 Å². The number of rotatable bonds is 14. The summed E-state index contributed by atoms with van der Waals surface area (Å²) in [6.45, 7) is 3.42. The quantitative estimate of drug-likeness (QED) is 0.0914. The minimum atomic E-state index is -0.769. The van der Waals surface area contributed by atoms with Crippen LogP contribution in [0.3, 0.4) is 0 Å². The predicted octanol–water partition coefficient (Wildman–Crippen LogP) is 6.83. The molecule has 49 heavy (non-hydrogen) atoms. The molecule has 2 heterocycles. The molecule has 9 nitrogen and oxygen atoms in total. The van der Waals surface area contributed by atoms with Gasteiger partial charge in [0.15, 0.2) is 0 Å². The Balaban J connectivity index is 1.15. The maximum absolute atomic E-state index is 11.4. The number of hydrogen-bond acceptors (Lipinski definition) is 7. The van der Waals surface area contributed by atoms with Crippen molar-refractivity contribution in [2.75, 3.05) is 32.1 Å². The Morgan fingerprint density at radius 2 is 1.76 bits per heavy atom. The minimum absolute atomic E-state index is 0.123. The number of amides is 1. The molecule has 0 saturated carbocycles. The summed E-state index contributed by atoms with van der Waals surface area (Å²) in [6, 6.07) is 24.0. The summed E-state index contributed by atoms with van der Waals surface area (Å²) in [5.41, 5.74) is 7.89. The lowest BCUT2D eigenvalue weighted by atomic mass is 9.94. The van der Waals surface area contributed by atoms with Gasteiger partial charge in [-0.3, -0.25) is 14.5 Å². The van der Waals surface area contributed by atoms with Gasteiger partial charge < -0.3 is 31.2 Å². The van der Waals surface area contributed by atoms with Gasteiger partial charge in [0.1, 0.15) is 5.75 Å². The monoisotopic (exact) mass is 699 g/mol. The minimum Gasteiger partial charge on any atom is -0.496 e. The number of nitrogens with one attached hydrogen (secondary N) is 4. The molecule has 0 spiro atoms. The third kappa shape index (κ3) is 7.92. The SMILES string of the molecule is COc1cc(CNc2cccc(-c3cccc(-c4ccc(CNCC5CCC(=O)N5)cc4)c3Cl)c2C=N)c(Cl)cc1CN1CC(C(=O)O)C1. The Kier molecular flexibility index (Phi) is 10.8. The van der Waals surface area contributed by atoms with Gasteiger partial charge in [0.25, 0.3) is 0 Å². The fraction of sp³-hybridized carbons (Fsp3) is 0.289. The largest absolute Gasteiger partial charge is 0.496 e. The summed E-state index contributed by atoms with van der Waals surface area (Å²) >= 11 is 13.8. The van der Waals surface area contributed by atoms with E-state index in [1.165, 1.54) is 6.21 Å². The molecular formula is C38H39Cl2N5O4. The van der Waals surface area contributed by atoms with E-state index in [0.717, 1.165) is 57.6 Å². The highest BCUT2D eigenvalue weighted by Gasteiger charge is 2.32. The van der Waals surface area contributed by atoms with Crippen molar-refractivity contribution in [3.8, 4) is 28.0 Å². The summed E-state index contributed by atoms with van der Waals surface area (Å²) in [5, 5.41) is 28.6. The van der Waals surface area contributed by atoms with Crippen LogP contribution < -0.4 is 20.7 Å². The third-order valence-corrected chi connectivity index (χ3v) is 9.99. The lowest BCUT2D eigenvalue weighted by molar-refractivity contribution is -0.147. The Labute approximate surface area is 296 Å². The van der Waals surface area contributed by atoms with E-state index in [4.69, 9.17) is 33.3 Å². The third-order valence-electron chi connectivity index (χ3n) is 9.23. The van der Waals surface area contributed by atoms with Gasteiger partial charge in [-0.05, 0) is 46.9 Å². The fourth-order valence-electron chi connectivity index (χ4n) is 6.47. The number of carboxylic acids is 1. The normalized spacial score (nSPS) is 16.2. The number of carbonyl (C=O) groups is 2. The molecule has 2 saturated heterocycles. The van der Waals surface area contributed by atoms with Gasteiger partial charge >= 0.3 is 5.97 Å². The van der Waals surface area contributed by atoms with E-state index in [2.05, 4.69) is 45.1 Å². The number of anilines is 1. The van der Waals surface area contributed by atoms with Gasteiger partial charge in [-0.25, -0.2) is 0 Å². The number of carbonyl (C=O) groups excluding carboxylic acids is 1. The molecule has 1 amide bonds. The molecule has 0 aromatic heterocycles. The van der Waals surface area contributed by atoms with E-state index >= 15 is 0 Å². The van der Waals surface area contributed by atoms with Crippen LogP contribution in [0.1, 0.15) is 35.1 Å². The molecule has 11 heteroatoms. The van der Waals surface area contributed by atoms with Crippen LogP contribution in [-0.4, -0.2) is 60.9 Å². The van der Waals surface area contributed by atoms with E-state index in [1.54, 1.807) is 7.11 Å².